The maximum atomic E-state index is 12.6. The van der Waals surface area contributed by atoms with Crippen LogP contribution in [0.1, 0.15) is 10.4 Å². The van der Waals surface area contributed by atoms with Crippen LogP contribution >= 0.6 is 0 Å². The lowest BCUT2D eigenvalue weighted by atomic mass is 10.2. The molecule has 0 bridgehead atoms. The number of imidazole rings is 2. The van der Waals surface area contributed by atoms with Gasteiger partial charge in [-0.2, -0.15) is 0 Å². The van der Waals surface area contributed by atoms with Crippen LogP contribution in [0.15, 0.2) is 67.5 Å². The Morgan fingerprint density at radius 3 is 2.56 bits per heavy atom. The van der Waals surface area contributed by atoms with Crippen LogP contribution in [0, 0.1) is 0 Å². The third kappa shape index (κ3) is 6.04. The largest absolute Gasteiger partial charge is 0.378 e. The first kappa shape index (κ1) is 23.1. The molecule has 176 valence electrons. The number of hydrogen-bond acceptors (Lipinski definition) is 7. The minimum absolute atomic E-state index is 0.0926. The zero-order chi connectivity index (χ0) is 23.8. The van der Waals surface area contributed by atoms with E-state index in [0.29, 0.717) is 49.1 Å². The molecule has 0 atom stereocenters. The molecule has 0 saturated carbocycles. The smallest absolute Gasteiger partial charge is 0.256 e. The summed E-state index contributed by atoms with van der Waals surface area (Å²) in [7, 11) is 0. The average Bonchev–Trinajstić information content (AvgIpc) is 3.51. The van der Waals surface area contributed by atoms with E-state index in [1.165, 1.54) is 0 Å². The lowest BCUT2D eigenvalue weighted by Gasteiger charge is -2.08. The fourth-order valence-corrected chi connectivity index (χ4v) is 3.16. The molecule has 0 saturated heterocycles. The number of nitrogens with two attached hydrogens (primary N) is 1. The van der Waals surface area contributed by atoms with E-state index >= 15 is 0 Å². The number of ether oxygens (including phenoxy) is 2. The SMILES string of the molecule is NCCOCCOCC(=O)Nc1ccc(C(=O)Nc2cn3cc(-n4ccnc4)ccc3n2)cc1. The van der Waals surface area contributed by atoms with Crippen LogP contribution in [0.4, 0.5) is 11.5 Å². The van der Waals surface area contributed by atoms with Gasteiger partial charge < -0.3 is 34.8 Å². The van der Waals surface area contributed by atoms with Gasteiger partial charge in [0.25, 0.3) is 5.91 Å². The lowest BCUT2D eigenvalue weighted by molar-refractivity contribution is -0.121. The summed E-state index contributed by atoms with van der Waals surface area (Å²) < 4.78 is 14.1. The van der Waals surface area contributed by atoms with E-state index in [4.69, 9.17) is 15.2 Å². The molecular weight excluding hydrogens is 438 g/mol. The normalized spacial score (nSPS) is 11.0. The van der Waals surface area contributed by atoms with Crippen LogP contribution in [0.5, 0.6) is 0 Å². The highest BCUT2D eigenvalue weighted by Crippen LogP contribution is 2.16. The van der Waals surface area contributed by atoms with Crippen LogP contribution in [0.25, 0.3) is 11.3 Å². The highest BCUT2D eigenvalue weighted by atomic mass is 16.5. The van der Waals surface area contributed by atoms with Crippen molar-refractivity contribution in [3.8, 4) is 5.69 Å². The van der Waals surface area contributed by atoms with Crippen LogP contribution in [-0.2, 0) is 14.3 Å². The van der Waals surface area contributed by atoms with E-state index in [1.54, 1.807) is 43.0 Å². The average molecular weight is 463 g/mol. The molecule has 0 aliphatic rings. The molecule has 0 aliphatic heterocycles. The first-order valence-electron chi connectivity index (χ1n) is 10.7. The first-order valence-corrected chi connectivity index (χ1v) is 10.7. The van der Waals surface area contributed by atoms with Gasteiger partial charge >= 0.3 is 0 Å². The van der Waals surface area contributed by atoms with Crippen LogP contribution in [0.2, 0.25) is 0 Å². The van der Waals surface area contributed by atoms with Gasteiger partial charge in [0.1, 0.15) is 12.3 Å². The molecular formula is C23H25N7O4. The quantitative estimate of drug-likeness (QED) is 0.288. The minimum atomic E-state index is -0.308. The fraction of sp³-hybridized carbons (Fsp3) is 0.217. The van der Waals surface area contributed by atoms with Gasteiger partial charge in [-0.15, -0.1) is 0 Å². The van der Waals surface area contributed by atoms with Gasteiger partial charge in [-0.05, 0) is 36.4 Å². The van der Waals surface area contributed by atoms with Crippen molar-refractivity contribution in [2.24, 2.45) is 5.73 Å². The molecule has 0 spiro atoms. The number of aromatic nitrogens is 4. The number of pyridine rings is 1. The Kier molecular flexibility index (Phi) is 7.60. The van der Waals surface area contributed by atoms with Gasteiger partial charge in [0, 0.05) is 36.4 Å². The predicted octanol–water partition coefficient (Wildman–Crippen LogP) is 1.70. The number of rotatable bonds is 11. The van der Waals surface area contributed by atoms with Crippen LogP contribution in [0.3, 0.4) is 0 Å². The second-order valence-corrected chi connectivity index (χ2v) is 7.28. The van der Waals surface area contributed by atoms with Crippen molar-refractivity contribution in [2.45, 2.75) is 0 Å². The molecule has 34 heavy (non-hydrogen) atoms. The summed E-state index contributed by atoms with van der Waals surface area (Å²) in [5.41, 5.74) is 7.93. The molecule has 3 aromatic heterocycles. The number of anilines is 2. The van der Waals surface area contributed by atoms with E-state index in [1.807, 2.05) is 33.5 Å². The molecule has 11 heteroatoms. The maximum absolute atomic E-state index is 12.6. The molecule has 0 aliphatic carbocycles. The fourth-order valence-electron chi connectivity index (χ4n) is 3.16. The van der Waals surface area contributed by atoms with Gasteiger partial charge in [0.05, 0.1) is 38.0 Å². The number of nitrogens with one attached hydrogen (secondary N) is 2. The van der Waals surface area contributed by atoms with Gasteiger partial charge in [-0.25, -0.2) is 9.97 Å². The summed E-state index contributed by atoms with van der Waals surface area (Å²) in [5, 5.41) is 5.51. The Balaban J connectivity index is 1.29. The topological polar surface area (TPSA) is 138 Å². The zero-order valence-corrected chi connectivity index (χ0v) is 18.4. The molecule has 0 radical (unpaired) electrons. The van der Waals surface area contributed by atoms with E-state index in [-0.39, 0.29) is 18.4 Å². The Morgan fingerprint density at radius 2 is 1.79 bits per heavy atom. The Bertz CT molecular complexity index is 1240. The summed E-state index contributed by atoms with van der Waals surface area (Å²) in [6.07, 6.45) is 8.90. The highest BCUT2D eigenvalue weighted by Gasteiger charge is 2.10. The summed E-state index contributed by atoms with van der Waals surface area (Å²) in [6.45, 7) is 1.50. The predicted molar refractivity (Wildman–Crippen MR) is 126 cm³/mol. The number of nitrogens with zero attached hydrogens (tertiary/aromatic N) is 4. The monoisotopic (exact) mass is 463 g/mol. The van der Waals surface area contributed by atoms with E-state index in [9.17, 15) is 9.59 Å². The van der Waals surface area contributed by atoms with Crippen molar-refractivity contribution >= 4 is 29.0 Å². The van der Waals surface area contributed by atoms with Gasteiger partial charge in [-0.1, -0.05) is 0 Å². The van der Waals surface area contributed by atoms with Gasteiger partial charge in [0.2, 0.25) is 5.91 Å². The lowest BCUT2D eigenvalue weighted by Crippen LogP contribution is -2.20. The van der Waals surface area contributed by atoms with Crippen molar-refractivity contribution in [1.29, 1.82) is 0 Å². The number of carbonyl (C=O) groups is 2. The van der Waals surface area contributed by atoms with Gasteiger partial charge in [-0.3, -0.25) is 9.59 Å². The summed E-state index contributed by atoms with van der Waals surface area (Å²) in [4.78, 5) is 33.1. The Morgan fingerprint density at radius 1 is 0.971 bits per heavy atom. The van der Waals surface area contributed by atoms with Crippen molar-refractivity contribution in [2.75, 3.05) is 43.6 Å². The summed E-state index contributed by atoms with van der Waals surface area (Å²) >= 11 is 0. The number of carbonyl (C=O) groups excluding carboxylic acids is 2. The molecule has 3 heterocycles. The van der Waals surface area contributed by atoms with Crippen LogP contribution in [-0.4, -0.2) is 63.7 Å². The Labute approximate surface area is 195 Å². The van der Waals surface area contributed by atoms with Crippen molar-refractivity contribution in [3.05, 3.63) is 73.1 Å². The highest BCUT2D eigenvalue weighted by molar-refractivity contribution is 6.04. The maximum Gasteiger partial charge on any atom is 0.256 e. The van der Waals surface area contributed by atoms with Crippen molar-refractivity contribution in [3.63, 3.8) is 0 Å². The summed E-state index contributed by atoms with van der Waals surface area (Å²) in [6, 6.07) is 10.3. The number of benzene rings is 1. The van der Waals surface area contributed by atoms with Crippen molar-refractivity contribution < 1.29 is 19.1 Å². The van der Waals surface area contributed by atoms with Gasteiger partial charge in [0.15, 0.2) is 5.82 Å². The van der Waals surface area contributed by atoms with Crippen LogP contribution < -0.4 is 16.4 Å². The summed E-state index contributed by atoms with van der Waals surface area (Å²) in [5.74, 6) is -0.175. The molecule has 1 aromatic carbocycles. The molecule has 0 fully saturated rings. The third-order valence-corrected chi connectivity index (χ3v) is 4.78. The first-order chi connectivity index (χ1) is 16.6. The Hall–Kier alpha value is -4.06. The second kappa shape index (κ2) is 11.2. The molecule has 4 rings (SSSR count). The molecule has 11 nitrogen and oxygen atoms in total. The molecule has 4 aromatic rings. The number of fused-ring (bicyclic) bond motifs is 1. The number of amides is 2. The van der Waals surface area contributed by atoms with Crippen molar-refractivity contribution in [1.82, 2.24) is 18.9 Å². The molecule has 0 unspecified atom stereocenters. The third-order valence-electron chi connectivity index (χ3n) is 4.78. The molecule has 2 amide bonds. The van der Waals surface area contributed by atoms with E-state index in [0.717, 1.165) is 5.69 Å². The van der Waals surface area contributed by atoms with E-state index < -0.39 is 0 Å². The number of hydrogen-bond donors (Lipinski definition) is 3. The molecule has 4 N–H and O–H groups in total. The standard InChI is InChI=1S/C23H25N7O4/c24-7-10-33-11-12-34-15-22(31)26-18-3-1-17(2-4-18)23(32)28-20-14-30-13-19(5-6-21(30)27-20)29-9-8-25-16-29/h1-6,8-9,13-14,16H,7,10-12,15,24H2,(H,26,31)(H,28,32). The minimum Gasteiger partial charge on any atom is -0.378 e. The van der Waals surface area contributed by atoms with E-state index in [2.05, 4.69) is 20.6 Å². The zero-order valence-electron chi connectivity index (χ0n) is 18.4. The second-order valence-electron chi connectivity index (χ2n) is 7.28.